The van der Waals surface area contributed by atoms with Gasteiger partial charge in [0.2, 0.25) is 0 Å². The van der Waals surface area contributed by atoms with E-state index in [4.69, 9.17) is 14.2 Å². The predicted molar refractivity (Wildman–Crippen MR) is 121 cm³/mol. The number of carbonyl (C=O) groups excluding carboxylic acids is 1. The fourth-order valence-electron chi connectivity index (χ4n) is 2.90. The van der Waals surface area contributed by atoms with Crippen molar-refractivity contribution in [1.29, 1.82) is 0 Å². The van der Waals surface area contributed by atoms with E-state index in [1.54, 1.807) is 50.1 Å². The zero-order valence-electron chi connectivity index (χ0n) is 18.1. The lowest BCUT2D eigenvalue weighted by atomic mass is 10.2. The molecule has 0 aliphatic rings. The number of carbonyl (C=O) groups is 1. The molecule has 0 bridgehead atoms. The number of hydrogen-bond acceptors (Lipinski definition) is 8. The lowest BCUT2D eigenvalue weighted by Gasteiger charge is -2.16. The second kappa shape index (κ2) is 11.4. The van der Waals surface area contributed by atoms with Crippen LogP contribution in [0.3, 0.4) is 0 Å². The predicted octanol–water partition coefficient (Wildman–Crippen LogP) is 2.47. The summed E-state index contributed by atoms with van der Waals surface area (Å²) in [5.41, 5.74) is 0.455. The Morgan fingerprint density at radius 3 is 2.22 bits per heavy atom. The van der Waals surface area contributed by atoms with Gasteiger partial charge in [0.05, 0.1) is 27.4 Å². The standard InChI is InChI=1S/C22H26N4O5S/c1-26-20(19(14-27)23-21(28)15-4-6-16(29-2)7-5-15)24-25-22(26)32-13-12-31-18-10-8-17(30-3)9-11-18/h4-11,19,27H,12-14H2,1-3H3,(H,23,28). The summed E-state index contributed by atoms with van der Waals surface area (Å²) in [6.45, 7) is 0.177. The number of nitrogens with zero attached hydrogens (tertiary/aromatic N) is 3. The first kappa shape index (κ1) is 23.4. The third-order valence-corrected chi connectivity index (χ3v) is 5.65. The molecule has 0 radical (unpaired) electrons. The zero-order chi connectivity index (χ0) is 22.9. The van der Waals surface area contributed by atoms with Crippen LogP contribution in [0, 0.1) is 0 Å². The Morgan fingerprint density at radius 1 is 1.03 bits per heavy atom. The van der Waals surface area contributed by atoms with Crippen molar-refractivity contribution in [2.24, 2.45) is 7.05 Å². The van der Waals surface area contributed by atoms with Crippen molar-refractivity contribution in [2.45, 2.75) is 11.2 Å². The van der Waals surface area contributed by atoms with Gasteiger partial charge in [0.25, 0.3) is 5.91 Å². The molecule has 0 saturated carbocycles. The molecule has 0 aliphatic carbocycles. The molecule has 0 saturated heterocycles. The fourth-order valence-corrected chi connectivity index (χ4v) is 3.63. The van der Waals surface area contributed by atoms with Crippen molar-refractivity contribution >= 4 is 17.7 Å². The Morgan fingerprint density at radius 2 is 1.62 bits per heavy atom. The maximum atomic E-state index is 12.5. The summed E-state index contributed by atoms with van der Waals surface area (Å²) in [7, 11) is 4.98. The van der Waals surface area contributed by atoms with Crippen LogP contribution in [0.4, 0.5) is 0 Å². The van der Waals surface area contributed by atoms with Crippen molar-refractivity contribution in [3.05, 3.63) is 59.9 Å². The van der Waals surface area contributed by atoms with Crippen molar-refractivity contribution in [3.8, 4) is 17.2 Å². The molecule has 170 valence electrons. The van der Waals surface area contributed by atoms with Gasteiger partial charge in [-0.3, -0.25) is 4.79 Å². The number of amides is 1. The van der Waals surface area contributed by atoms with Gasteiger partial charge in [-0.15, -0.1) is 10.2 Å². The molecular weight excluding hydrogens is 432 g/mol. The number of aromatic nitrogens is 3. The van der Waals surface area contributed by atoms with Crippen LogP contribution >= 0.6 is 11.8 Å². The number of thioether (sulfide) groups is 1. The van der Waals surface area contributed by atoms with Gasteiger partial charge in [-0.25, -0.2) is 0 Å². The molecule has 3 rings (SSSR count). The number of hydrogen-bond donors (Lipinski definition) is 2. The molecule has 1 aromatic heterocycles. The van der Waals surface area contributed by atoms with E-state index in [1.165, 1.54) is 11.8 Å². The molecule has 0 fully saturated rings. The fraction of sp³-hybridized carbons (Fsp3) is 0.318. The maximum absolute atomic E-state index is 12.5. The topological polar surface area (TPSA) is 108 Å². The zero-order valence-corrected chi connectivity index (χ0v) is 19.0. The highest BCUT2D eigenvalue weighted by molar-refractivity contribution is 7.99. The van der Waals surface area contributed by atoms with Gasteiger partial charge in [0, 0.05) is 18.4 Å². The Balaban J connectivity index is 1.54. The number of nitrogens with one attached hydrogen (secondary N) is 1. The number of ether oxygens (including phenoxy) is 3. The molecule has 2 N–H and O–H groups in total. The summed E-state index contributed by atoms with van der Waals surface area (Å²) in [6, 6.07) is 13.4. The number of benzene rings is 2. The van der Waals surface area contributed by atoms with Crippen molar-refractivity contribution in [1.82, 2.24) is 20.1 Å². The summed E-state index contributed by atoms with van der Waals surface area (Å²) in [4.78, 5) is 12.5. The van der Waals surface area contributed by atoms with Crippen LogP contribution < -0.4 is 19.5 Å². The summed E-state index contributed by atoms with van der Waals surface area (Å²) < 4.78 is 17.7. The Kier molecular flexibility index (Phi) is 8.34. The third-order valence-electron chi connectivity index (χ3n) is 4.66. The summed E-state index contributed by atoms with van der Waals surface area (Å²) in [5, 5.41) is 21.6. The van der Waals surface area contributed by atoms with E-state index in [2.05, 4.69) is 15.5 Å². The second-order valence-electron chi connectivity index (χ2n) is 6.71. The van der Waals surface area contributed by atoms with Crippen LogP contribution in [-0.2, 0) is 7.05 Å². The van der Waals surface area contributed by atoms with Gasteiger partial charge in [-0.2, -0.15) is 0 Å². The molecule has 32 heavy (non-hydrogen) atoms. The summed E-state index contributed by atoms with van der Waals surface area (Å²) >= 11 is 1.47. The lowest BCUT2D eigenvalue weighted by Crippen LogP contribution is -2.32. The molecule has 3 aromatic rings. The van der Waals surface area contributed by atoms with Crippen LogP contribution in [0.15, 0.2) is 53.7 Å². The SMILES string of the molecule is COc1ccc(OCCSc2nnc(C(CO)NC(=O)c3ccc(OC)cc3)n2C)cc1. The average molecular weight is 459 g/mol. The summed E-state index contributed by atoms with van der Waals surface area (Å²) in [5.74, 6) is 2.98. The summed E-state index contributed by atoms with van der Waals surface area (Å²) in [6.07, 6.45) is 0. The Hall–Kier alpha value is -3.24. The first-order chi connectivity index (χ1) is 15.5. The number of aliphatic hydroxyl groups excluding tert-OH is 1. The minimum absolute atomic E-state index is 0.306. The van der Waals surface area contributed by atoms with E-state index in [0.29, 0.717) is 34.7 Å². The molecule has 0 aliphatic heterocycles. The molecule has 9 nitrogen and oxygen atoms in total. The van der Waals surface area contributed by atoms with E-state index >= 15 is 0 Å². The highest BCUT2D eigenvalue weighted by atomic mass is 32.2. The van der Waals surface area contributed by atoms with Crippen molar-refractivity contribution in [2.75, 3.05) is 33.2 Å². The van der Waals surface area contributed by atoms with Gasteiger partial charge in [-0.1, -0.05) is 11.8 Å². The van der Waals surface area contributed by atoms with Crippen LogP contribution in [-0.4, -0.2) is 59.0 Å². The normalized spacial score (nSPS) is 11.6. The molecule has 1 heterocycles. The van der Waals surface area contributed by atoms with Crippen LogP contribution in [0.2, 0.25) is 0 Å². The van der Waals surface area contributed by atoms with Gasteiger partial charge in [0.15, 0.2) is 11.0 Å². The minimum Gasteiger partial charge on any atom is -0.497 e. The van der Waals surface area contributed by atoms with E-state index in [0.717, 1.165) is 11.5 Å². The van der Waals surface area contributed by atoms with Crippen molar-refractivity contribution < 1.29 is 24.1 Å². The number of rotatable bonds is 11. The highest BCUT2D eigenvalue weighted by Crippen LogP contribution is 2.21. The molecule has 1 unspecified atom stereocenters. The second-order valence-corrected chi connectivity index (χ2v) is 7.77. The van der Waals surface area contributed by atoms with Gasteiger partial charge < -0.3 is 29.2 Å². The molecular formula is C22H26N4O5S. The van der Waals surface area contributed by atoms with Gasteiger partial charge in [-0.05, 0) is 48.5 Å². The molecule has 0 spiro atoms. The first-order valence-electron chi connectivity index (χ1n) is 9.90. The monoisotopic (exact) mass is 458 g/mol. The Bertz CT molecular complexity index is 1010. The van der Waals surface area contributed by atoms with E-state index in [9.17, 15) is 9.90 Å². The van der Waals surface area contributed by atoms with Crippen LogP contribution in [0.1, 0.15) is 22.2 Å². The number of aliphatic hydroxyl groups is 1. The lowest BCUT2D eigenvalue weighted by molar-refractivity contribution is 0.0912. The molecule has 1 amide bonds. The first-order valence-corrected chi connectivity index (χ1v) is 10.9. The third kappa shape index (κ3) is 5.92. The smallest absolute Gasteiger partial charge is 0.251 e. The maximum Gasteiger partial charge on any atom is 0.251 e. The average Bonchev–Trinajstić information content (AvgIpc) is 3.20. The largest absolute Gasteiger partial charge is 0.497 e. The van der Waals surface area contributed by atoms with Crippen molar-refractivity contribution in [3.63, 3.8) is 0 Å². The van der Waals surface area contributed by atoms with Gasteiger partial charge in [0.1, 0.15) is 23.3 Å². The van der Waals surface area contributed by atoms with E-state index in [-0.39, 0.29) is 12.5 Å². The Labute approximate surface area is 190 Å². The van der Waals surface area contributed by atoms with E-state index in [1.807, 2.05) is 24.3 Å². The molecule has 1 atom stereocenters. The quantitative estimate of drug-likeness (QED) is 0.333. The minimum atomic E-state index is -0.688. The number of methoxy groups -OCH3 is 2. The van der Waals surface area contributed by atoms with E-state index < -0.39 is 6.04 Å². The molecule has 10 heteroatoms. The van der Waals surface area contributed by atoms with Gasteiger partial charge >= 0.3 is 0 Å². The molecule has 2 aromatic carbocycles. The highest BCUT2D eigenvalue weighted by Gasteiger charge is 2.21. The van der Waals surface area contributed by atoms with Crippen LogP contribution in [0.5, 0.6) is 17.2 Å². The van der Waals surface area contributed by atoms with Crippen LogP contribution in [0.25, 0.3) is 0 Å².